The van der Waals surface area contributed by atoms with Gasteiger partial charge in [-0.3, -0.25) is 33.9 Å². The van der Waals surface area contributed by atoms with E-state index in [0.717, 1.165) is 10.9 Å². The molecule has 15 heteroatoms. The number of aromatic nitrogens is 2. The number of aromatic amines is 1. The number of pyridine rings is 1. The molecule has 0 unspecified atom stereocenters. The average Bonchev–Trinajstić information content (AvgIpc) is 3.52. The fraction of sp³-hybridized carbons (Fsp3) is 0.306. The van der Waals surface area contributed by atoms with Crippen LogP contribution in [0.2, 0.25) is 0 Å². The van der Waals surface area contributed by atoms with Gasteiger partial charge in [-0.25, -0.2) is 4.79 Å². The van der Waals surface area contributed by atoms with Crippen molar-refractivity contribution in [3.05, 3.63) is 96.4 Å². The Labute approximate surface area is 293 Å². The number of carboxylic acids is 1. The Kier molecular flexibility index (Phi) is 13.0. The lowest BCUT2D eigenvalue weighted by Gasteiger charge is -2.32. The maximum atomic E-state index is 14.2. The first kappa shape index (κ1) is 37.7. The van der Waals surface area contributed by atoms with Crippen molar-refractivity contribution >= 4 is 52.1 Å². The maximum absolute atomic E-state index is 14.2. The molecule has 0 aliphatic rings. The minimum absolute atomic E-state index is 0.0158. The number of carbonyl (C=O) groups excluding carboxylic acids is 5. The standard InChI is InChI=1S/C36H41N7O8/c1-3-31(46)43(24-12-9-15-38-20-24)29(17-23-19-39-26-14-8-7-13-25(23)26)34(48)40-27(18-30(37)45)33(47)42-32(21(2)44)35(49)41-28(36(50)51)16-22-10-5-4-6-11-22/h4-15,19-21,27-29,32,39,44H,3,16-18H2,1-2H3,(H2,37,45)(H,40,48)(H,41,49)(H,42,47)(H,50,51)/t21-,27+,28+,29-,32+/m1/s1. The van der Waals surface area contributed by atoms with Gasteiger partial charge in [0.25, 0.3) is 0 Å². The Balaban J connectivity index is 1.61. The summed E-state index contributed by atoms with van der Waals surface area (Å²) in [4.78, 5) is 87.2. The van der Waals surface area contributed by atoms with Gasteiger partial charge in [-0.1, -0.05) is 55.5 Å². The Hall–Kier alpha value is -6.09. The number of amides is 5. The van der Waals surface area contributed by atoms with E-state index in [1.54, 1.807) is 55.6 Å². The molecule has 0 radical (unpaired) electrons. The summed E-state index contributed by atoms with van der Waals surface area (Å²) in [5.41, 5.74) is 7.88. The number of hydrogen-bond donors (Lipinski definition) is 7. The van der Waals surface area contributed by atoms with Crippen molar-refractivity contribution in [1.29, 1.82) is 0 Å². The fourth-order valence-electron chi connectivity index (χ4n) is 5.62. The molecular weight excluding hydrogens is 658 g/mol. The molecule has 0 bridgehead atoms. The number of carboxylic acid groups (broad SMARTS) is 1. The minimum Gasteiger partial charge on any atom is -0.480 e. The summed E-state index contributed by atoms with van der Waals surface area (Å²) in [5.74, 6) is -5.63. The average molecular weight is 700 g/mol. The number of aliphatic carboxylic acids is 1. The number of H-pyrrole nitrogens is 1. The number of rotatable bonds is 17. The van der Waals surface area contributed by atoms with Crippen LogP contribution in [0.1, 0.15) is 37.8 Å². The summed E-state index contributed by atoms with van der Waals surface area (Å²) in [5, 5.41) is 28.2. The van der Waals surface area contributed by atoms with Crippen LogP contribution in [0, 0.1) is 0 Å². The number of nitrogens with one attached hydrogen (secondary N) is 4. The van der Waals surface area contributed by atoms with E-state index in [4.69, 9.17) is 5.73 Å². The van der Waals surface area contributed by atoms with Crippen LogP contribution in [0.5, 0.6) is 0 Å². The lowest BCUT2D eigenvalue weighted by atomic mass is 10.0. The van der Waals surface area contributed by atoms with Gasteiger partial charge < -0.3 is 36.9 Å². The predicted molar refractivity (Wildman–Crippen MR) is 187 cm³/mol. The summed E-state index contributed by atoms with van der Waals surface area (Å²) >= 11 is 0. The zero-order chi connectivity index (χ0) is 37.1. The quantitative estimate of drug-likeness (QED) is 0.0830. The van der Waals surface area contributed by atoms with Crippen LogP contribution in [0.3, 0.4) is 0 Å². The SMILES string of the molecule is CCC(=O)N(c1cccnc1)[C@H](Cc1c[nH]c2ccccc12)C(=O)N[C@@H](CC(N)=O)C(=O)N[C@H](C(=O)N[C@@H](Cc1ccccc1)C(=O)O)[C@@H](C)O. The van der Waals surface area contributed by atoms with Crippen molar-refractivity contribution in [2.24, 2.45) is 5.73 Å². The number of primary amides is 1. The van der Waals surface area contributed by atoms with Crippen molar-refractivity contribution in [1.82, 2.24) is 25.9 Å². The van der Waals surface area contributed by atoms with Gasteiger partial charge in [-0.2, -0.15) is 0 Å². The number of anilines is 1. The van der Waals surface area contributed by atoms with E-state index >= 15 is 0 Å². The van der Waals surface area contributed by atoms with Gasteiger partial charge in [0.2, 0.25) is 29.5 Å². The van der Waals surface area contributed by atoms with Crippen LogP contribution in [0.15, 0.2) is 85.3 Å². The highest BCUT2D eigenvalue weighted by atomic mass is 16.4. The molecule has 5 amide bonds. The zero-order valence-corrected chi connectivity index (χ0v) is 28.1. The van der Waals surface area contributed by atoms with E-state index < -0.39 is 72.2 Å². The highest BCUT2D eigenvalue weighted by Gasteiger charge is 2.36. The molecule has 51 heavy (non-hydrogen) atoms. The number of fused-ring (bicyclic) bond motifs is 1. The first-order valence-electron chi connectivity index (χ1n) is 16.3. The minimum atomic E-state index is -1.68. The van der Waals surface area contributed by atoms with Gasteiger partial charge >= 0.3 is 5.97 Å². The zero-order valence-electron chi connectivity index (χ0n) is 28.1. The lowest BCUT2D eigenvalue weighted by molar-refractivity contribution is -0.143. The van der Waals surface area contributed by atoms with Gasteiger partial charge in [0.1, 0.15) is 24.2 Å². The number of hydrogen-bond acceptors (Lipinski definition) is 8. The summed E-state index contributed by atoms with van der Waals surface area (Å²) < 4.78 is 0. The molecule has 4 rings (SSSR count). The molecule has 8 N–H and O–H groups in total. The van der Waals surface area contributed by atoms with Crippen LogP contribution in [0.4, 0.5) is 5.69 Å². The Morgan fingerprint density at radius 1 is 0.863 bits per heavy atom. The van der Waals surface area contributed by atoms with Crippen LogP contribution in [0.25, 0.3) is 10.9 Å². The normalized spacial score (nSPS) is 13.9. The summed E-state index contributed by atoms with van der Waals surface area (Å²) in [6.07, 6.45) is 2.34. The summed E-state index contributed by atoms with van der Waals surface area (Å²) in [7, 11) is 0. The van der Waals surface area contributed by atoms with Gasteiger partial charge in [0.15, 0.2) is 0 Å². The van der Waals surface area contributed by atoms with E-state index in [-0.39, 0.29) is 19.3 Å². The van der Waals surface area contributed by atoms with Crippen LogP contribution in [-0.2, 0) is 41.6 Å². The highest BCUT2D eigenvalue weighted by molar-refractivity contribution is 6.03. The second-order valence-corrected chi connectivity index (χ2v) is 12.0. The second kappa shape index (κ2) is 17.5. The topological polar surface area (TPSA) is 237 Å². The van der Waals surface area contributed by atoms with E-state index in [2.05, 4.69) is 25.9 Å². The second-order valence-electron chi connectivity index (χ2n) is 12.0. The van der Waals surface area contributed by atoms with E-state index in [1.807, 2.05) is 24.3 Å². The number of para-hydroxylation sites is 1. The monoisotopic (exact) mass is 699 g/mol. The molecule has 268 valence electrons. The number of aliphatic hydroxyl groups is 1. The predicted octanol–water partition coefficient (Wildman–Crippen LogP) is 0.955. The van der Waals surface area contributed by atoms with E-state index in [1.165, 1.54) is 24.2 Å². The molecule has 0 aliphatic carbocycles. The molecule has 0 fully saturated rings. The van der Waals surface area contributed by atoms with Crippen molar-refractivity contribution in [3.63, 3.8) is 0 Å². The van der Waals surface area contributed by atoms with Crippen molar-refractivity contribution in [3.8, 4) is 0 Å². The maximum Gasteiger partial charge on any atom is 0.326 e. The molecule has 5 atom stereocenters. The molecule has 4 aromatic rings. The number of carbonyl (C=O) groups is 6. The Morgan fingerprint density at radius 3 is 2.18 bits per heavy atom. The van der Waals surface area contributed by atoms with Crippen molar-refractivity contribution in [2.45, 2.75) is 69.8 Å². The number of aliphatic hydroxyl groups excluding tert-OH is 1. The van der Waals surface area contributed by atoms with E-state index in [9.17, 15) is 39.0 Å². The fourth-order valence-corrected chi connectivity index (χ4v) is 5.62. The third-order valence-electron chi connectivity index (χ3n) is 8.20. The molecule has 0 spiro atoms. The van der Waals surface area contributed by atoms with Gasteiger partial charge in [-0.05, 0) is 36.2 Å². The summed E-state index contributed by atoms with van der Waals surface area (Å²) in [6.45, 7) is 2.84. The largest absolute Gasteiger partial charge is 0.480 e. The highest BCUT2D eigenvalue weighted by Crippen LogP contribution is 2.24. The summed E-state index contributed by atoms with van der Waals surface area (Å²) in [6, 6.07) is 13.1. The molecule has 2 heterocycles. The molecule has 2 aromatic carbocycles. The number of nitrogens with two attached hydrogens (primary N) is 1. The molecular formula is C36H41N7O8. The van der Waals surface area contributed by atoms with Gasteiger partial charge in [-0.15, -0.1) is 0 Å². The number of benzene rings is 2. The van der Waals surface area contributed by atoms with Crippen LogP contribution < -0.4 is 26.6 Å². The van der Waals surface area contributed by atoms with E-state index in [0.29, 0.717) is 16.8 Å². The van der Waals surface area contributed by atoms with Gasteiger partial charge in [0, 0.05) is 42.6 Å². The third kappa shape index (κ3) is 9.98. The smallest absolute Gasteiger partial charge is 0.326 e. The Bertz CT molecular complexity index is 1850. The first-order valence-corrected chi connectivity index (χ1v) is 16.3. The van der Waals surface area contributed by atoms with Crippen LogP contribution >= 0.6 is 0 Å². The lowest BCUT2D eigenvalue weighted by Crippen LogP contribution is -2.61. The molecule has 15 nitrogen and oxygen atoms in total. The van der Waals surface area contributed by atoms with Crippen LogP contribution in [-0.4, -0.2) is 86.0 Å². The third-order valence-corrected chi connectivity index (χ3v) is 8.20. The molecule has 2 aromatic heterocycles. The van der Waals surface area contributed by atoms with Crippen molar-refractivity contribution in [2.75, 3.05) is 4.90 Å². The molecule has 0 saturated heterocycles. The van der Waals surface area contributed by atoms with Crippen molar-refractivity contribution < 1.29 is 39.0 Å². The molecule has 0 aliphatic heterocycles. The first-order chi connectivity index (χ1) is 24.4. The number of nitrogens with zero attached hydrogens (tertiary/aromatic N) is 2. The Morgan fingerprint density at radius 2 is 1.55 bits per heavy atom. The molecule has 0 saturated carbocycles. The van der Waals surface area contributed by atoms with Gasteiger partial charge in [0.05, 0.1) is 24.4 Å².